The lowest BCUT2D eigenvalue weighted by Gasteiger charge is -2.13. The molecule has 2 amide bonds. The van der Waals surface area contributed by atoms with Gasteiger partial charge in [-0.05, 0) is 45.4 Å². The fourth-order valence-corrected chi connectivity index (χ4v) is 2.50. The lowest BCUT2D eigenvalue weighted by Crippen LogP contribution is -2.30. The van der Waals surface area contributed by atoms with E-state index in [0.717, 1.165) is 31.6 Å². The van der Waals surface area contributed by atoms with E-state index in [1.807, 2.05) is 32.6 Å². The highest BCUT2D eigenvalue weighted by atomic mass is 16.2. The van der Waals surface area contributed by atoms with Gasteiger partial charge in [0.1, 0.15) is 5.78 Å². The summed E-state index contributed by atoms with van der Waals surface area (Å²) in [7, 11) is 0. The molecule has 0 aromatic rings. The van der Waals surface area contributed by atoms with Crippen molar-refractivity contribution in [2.24, 2.45) is 0 Å². The van der Waals surface area contributed by atoms with Crippen molar-refractivity contribution in [3.8, 4) is 0 Å². The number of nitrogens with one attached hydrogen (secondary N) is 2. The fourth-order valence-electron chi connectivity index (χ4n) is 2.50. The van der Waals surface area contributed by atoms with E-state index < -0.39 is 0 Å². The minimum absolute atomic E-state index is 0.0658. The number of carbonyl (C=O) groups excluding carboxylic acids is 2. The molecule has 2 N–H and O–H groups in total. The molecule has 0 spiro atoms. The van der Waals surface area contributed by atoms with E-state index in [0.29, 0.717) is 6.42 Å². The molecule has 1 saturated heterocycles. The van der Waals surface area contributed by atoms with Crippen LogP contribution in [0, 0.1) is 31.6 Å². The first-order valence-electron chi connectivity index (χ1n) is 6.99. The topological polar surface area (TPSA) is 58.2 Å². The minimum Gasteiger partial charge on any atom is -0.334 e. The molecule has 2 aliphatic rings. The molecule has 0 aromatic heterocycles. The van der Waals surface area contributed by atoms with Gasteiger partial charge in [-0.25, -0.2) is 4.79 Å². The highest BCUT2D eigenvalue weighted by Crippen LogP contribution is 2.25. The number of hydrogen-bond donors (Lipinski definition) is 2. The van der Waals surface area contributed by atoms with Gasteiger partial charge in [-0.15, -0.1) is 0 Å². The number of hydrogen-bond acceptors (Lipinski definition) is 2. The number of Topliss-reactive ketones (excluding diaryl/α,β-unsaturated/α-hetero) is 1. The third kappa shape index (κ3) is 4.22. The van der Waals surface area contributed by atoms with Crippen LogP contribution in [-0.2, 0) is 4.79 Å². The Hall–Kier alpha value is -1.06. The van der Waals surface area contributed by atoms with Crippen LogP contribution in [0.3, 0.4) is 0 Å². The summed E-state index contributed by atoms with van der Waals surface area (Å²) in [4.78, 5) is 22.9. The molecule has 1 aliphatic carbocycles. The molecule has 0 bridgehead atoms. The first-order valence-corrected chi connectivity index (χ1v) is 6.99. The highest BCUT2D eigenvalue weighted by Gasteiger charge is 2.27. The van der Waals surface area contributed by atoms with E-state index in [4.69, 9.17) is 0 Å². The summed E-state index contributed by atoms with van der Waals surface area (Å²) in [6.07, 6.45) is 12.1. The summed E-state index contributed by atoms with van der Waals surface area (Å²) in [5, 5.41) is 5.75. The van der Waals surface area contributed by atoms with Crippen LogP contribution in [0.5, 0.6) is 0 Å². The van der Waals surface area contributed by atoms with Gasteiger partial charge in [0.25, 0.3) is 0 Å². The lowest BCUT2D eigenvalue weighted by molar-refractivity contribution is -0.116. The SMILES string of the molecule is C[C@@H]1NC(=O)N[C@@H]1CCCCCC(=O)[C]1[CH][CH][CH][CH]1. The van der Waals surface area contributed by atoms with Crippen LogP contribution in [0.2, 0.25) is 0 Å². The Kier molecular flexibility index (Phi) is 5.23. The van der Waals surface area contributed by atoms with E-state index in [2.05, 4.69) is 10.6 Å². The summed E-state index contributed by atoms with van der Waals surface area (Å²) in [5.74, 6) is 1.05. The Morgan fingerprint density at radius 1 is 1.16 bits per heavy atom. The number of ketones is 1. The molecule has 1 aliphatic heterocycles. The van der Waals surface area contributed by atoms with Gasteiger partial charge >= 0.3 is 6.03 Å². The smallest absolute Gasteiger partial charge is 0.315 e. The molecule has 19 heavy (non-hydrogen) atoms. The Labute approximate surface area is 115 Å². The first kappa shape index (κ1) is 14.4. The molecular formula is C15H21N2O2. The van der Waals surface area contributed by atoms with E-state index >= 15 is 0 Å². The number of rotatable bonds is 7. The van der Waals surface area contributed by atoms with E-state index in [1.165, 1.54) is 0 Å². The average Bonchev–Trinajstić information content (AvgIpc) is 2.99. The quantitative estimate of drug-likeness (QED) is 0.688. The molecule has 0 unspecified atom stereocenters. The van der Waals surface area contributed by atoms with Crippen LogP contribution in [0.25, 0.3) is 0 Å². The average molecular weight is 261 g/mol. The van der Waals surface area contributed by atoms with Crippen LogP contribution in [0.1, 0.15) is 39.0 Å². The molecule has 2 fully saturated rings. The van der Waals surface area contributed by atoms with Crippen molar-refractivity contribution in [2.75, 3.05) is 0 Å². The molecule has 4 nitrogen and oxygen atoms in total. The van der Waals surface area contributed by atoms with Gasteiger partial charge in [0.2, 0.25) is 0 Å². The lowest BCUT2D eigenvalue weighted by atomic mass is 9.96. The number of carbonyl (C=O) groups is 2. The Morgan fingerprint density at radius 3 is 2.53 bits per heavy atom. The second-order valence-electron chi connectivity index (χ2n) is 5.21. The van der Waals surface area contributed by atoms with Gasteiger partial charge in [-0.3, -0.25) is 4.79 Å². The maximum Gasteiger partial charge on any atom is 0.315 e. The van der Waals surface area contributed by atoms with Crippen molar-refractivity contribution in [3.05, 3.63) is 31.6 Å². The van der Waals surface area contributed by atoms with Crippen molar-refractivity contribution < 1.29 is 9.59 Å². The molecule has 2 atom stereocenters. The number of amides is 2. The molecular weight excluding hydrogens is 240 g/mol. The summed E-state index contributed by atoms with van der Waals surface area (Å²) in [6, 6.07) is 0.376. The second-order valence-corrected chi connectivity index (χ2v) is 5.21. The maximum atomic E-state index is 11.8. The molecule has 1 saturated carbocycles. The third-order valence-electron chi connectivity index (χ3n) is 3.68. The highest BCUT2D eigenvalue weighted by molar-refractivity contribution is 5.97. The molecule has 103 valence electrons. The first-order chi connectivity index (χ1) is 9.16. The molecule has 2 rings (SSSR count). The van der Waals surface area contributed by atoms with Crippen LogP contribution in [0.15, 0.2) is 0 Å². The van der Waals surface area contributed by atoms with E-state index in [1.54, 1.807) is 0 Å². The predicted molar refractivity (Wildman–Crippen MR) is 73.5 cm³/mol. The molecule has 1 heterocycles. The van der Waals surface area contributed by atoms with Crippen molar-refractivity contribution in [1.29, 1.82) is 0 Å². The maximum absolute atomic E-state index is 11.8. The largest absolute Gasteiger partial charge is 0.334 e. The van der Waals surface area contributed by atoms with Crippen LogP contribution in [0.4, 0.5) is 4.79 Å². The minimum atomic E-state index is -0.0658. The van der Waals surface area contributed by atoms with Crippen LogP contribution >= 0.6 is 0 Å². The Balaban J connectivity index is 1.52. The zero-order valence-electron chi connectivity index (χ0n) is 11.3. The van der Waals surface area contributed by atoms with E-state index in [-0.39, 0.29) is 23.9 Å². The fraction of sp³-hybridized carbons (Fsp3) is 0.533. The number of urea groups is 1. The van der Waals surface area contributed by atoms with Crippen LogP contribution < -0.4 is 10.6 Å². The zero-order chi connectivity index (χ0) is 13.7. The summed E-state index contributed by atoms with van der Waals surface area (Å²) < 4.78 is 0. The summed E-state index contributed by atoms with van der Waals surface area (Å²) in [5.41, 5.74) is 0. The van der Waals surface area contributed by atoms with Gasteiger partial charge in [0.05, 0.1) is 6.04 Å². The van der Waals surface area contributed by atoms with Crippen molar-refractivity contribution in [3.63, 3.8) is 0 Å². The second kappa shape index (κ2) is 6.92. The molecule has 5 radical (unpaired) electrons. The Morgan fingerprint density at radius 2 is 1.89 bits per heavy atom. The van der Waals surface area contributed by atoms with Gasteiger partial charge < -0.3 is 10.6 Å². The predicted octanol–water partition coefficient (Wildman–Crippen LogP) is 1.98. The van der Waals surface area contributed by atoms with Crippen molar-refractivity contribution >= 4 is 11.8 Å². The van der Waals surface area contributed by atoms with Gasteiger partial charge in [-0.2, -0.15) is 0 Å². The Bertz CT molecular complexity index is 324. The summed E-state index contributed by atoms with van der Waals surface area (Å²) in [6.45, 7) is 2.02. The van der Waals surface area contributed by atoms with Crippen molar-refractivity contribution in [1.82, 2.24) is 10.6 Å². The zero-order valence-corrected chi connectivity index (χ0v) is 11.3. The normalized spacial score (nSPS) is 27.3. The number of unbranched alkanes of at least 4 members (excludes halogenated alkanes) is 2. The third-order valence-corrected chi connectivity index (χ3v) is 3.68. The van der Waals surface area contributed by atoms with Gasteiger partial charge in [-0.1, -0.05) is 12.8 Å². The van der Waals surface area contributed by atoms with Crippen molar-refractivity contribution in [2.45, 2.75) is 51.1 Å². The monoisotopic (exact) mass is 261 g/mol. The van der Waals surface area contributed by atoms with Gasteiger partial charge in [0.15, 0.2) is 0 Å². The molecule has 0 aromatic carbocycles. The van der Waals surface area contributed by atoms with Crippen LogP contribution in [-0.4, -0.2) is 23.9 Å². The van der Waals surface area contributed by atoms with Gasteiger partial charge in [0, 0.05) is 18.4 Å². The molecule has 4 heteroatoms. The van der Waals surface area contributed by atoms with E-state index in [9.17, 15) is 9.59 Å². The summed E-state index contributed by atoms with van der Waals surface area (Å²) >= 11 is 0. The standard InChI is InChI=1S/C15H21N2O2/c1-11-13(17-15(19)16-11)9-3-2-4-10-14(18)12-7-5-6-8-12/h5-8,11,13H,2-4,9-10H2,1H3,(H2,16,17,19)/t11-,13+/m0/s1.